The Morgan fingerprint density at radius 3 is 2.25 bits per heavy atom. The third-order valence-electron chi connectivity index (χ3n) is 5.73. The Balaban J connectivity index is 1.94. The first kappa shape index (κ1) is 27.3. The van der Waals surface area contributed by atoms with E-state index in [0.717, 1.165) is 22.3 Å². The maximum atomic E-state index is 13.7. The van der Waals surface area contributed by atoms with Crippen molar-refractivity contribution in [3.05, 3.63) is 100 Å². The zero-order valence-electron chi connectivity index (χ0n) is 21.7. The molecule has 0 aliphatic heterocycles. The molecular formula is C30H35ClN2O3. The molecular weight excluding hydrogens is 472 g/mol. The fourth-order valence-electron chi connectivity index (χ4n) is 3.88. The summed E-state index contributed by atoms with van der Waals surface area (Å²) < 4.78 is 5.95. The summed E-state index contributed by atoms with van der Waals surface area (Å²) in [5.41, 5.74) is 3.39. The van der Waals surface area contributed by atoms with Crippen molar-refractivity contribution < 1.29 is 14.3 Å². The van der Waals surface area contributed by atoms with Crippen LogP contribution in [0.3, 0.4) is 0 Å². The number of nitrogens with one attached hydrogen (secondary N) is 1. The van der Waals surface area contributed by atoms with Gasteiger partial charge in [0, 0.05) is 23.5 Å². The molecule has 1 N–H and O–H groups in total. The summed E-state index contributed by atoms with van der Waals surface area (Å²) in [4.78, 5) is 28.9. The van der Waals surface area contributed by atoms with E-state index in [1.54, 1.807) is 17.0 Å². The maximum Gasteiger partial charge on any atom is 0.261 e. The highest BCUT2D eigenvalue weighted by atomic mass is 35.5. The Morgan fingerprint density at radius 1 is 0.944 bits per heavy atom. The van der Waals surface area contributed by atoms with Crippen molar-refractivity contribution in [1.82, 2.24) is 10.2 Å². The van der Waals surface area contributed by atoms with Crippen molar-refractivity contribution in [3.63, 3.8) is 0 Å². The fourth-order valence-corrected chi connectivity index (χ4v) is 4.00. The average Bonchev–Trinajstić information content (AvgIpc) is 2.82. The van der Waals surface area contributed by atoms with Crippen LogP contribution < -0.4 is 10.1 Å². The van der Waals surface area contributed by atoms with Crippen LogP contribution in [-0.4, -0.2) is 34.9 Å². The van der Waals surface area contributed by atoms with E-state index in [4.69, 9.17) is 16.3 Å². The van der Waals surface area contributed by atoms with E-state index in [-0.39, 0.29) is 25.0 Å². The molecule has 3 aromatic rings. The molecule has 0 heterocycles. The molecule has 0 fully saturated rings. The van der Waals surface area contributed by atoms with Gasteiger partial charge in [0.1, 0.15) is 11.8 Å². The largest absolute Gasteiger partial charge is 0.483 e. The van der Waals surface area contributed by atoms with Gasteiger partial charge in [-0.3, -0.25) is 9.59 Å². The van der Waals surface area contributed by atoms with Crippen LogP contribution in [0.1, 0.15) is 43.0 Å². The quantitative estimate of drug-likeness (QED) is 0.393. The lowest BCUT2D eigenvalue weighted by molar-refractivity contribution is -0.143. The molecule has 3 rings (SSSR count). The Bertz CT molecular complexity index is 1170. The number of hydrogen-bond acceptors (Lipinski definition) is 3. The topological polar surface area (TPSA) is 58.6 Å². The van der Waals surface area contributed by atoms with Gasteiger partial charge in [0.25, 0.3) is 5.91 Å². The second-order valence-corrected chi connectivity index (χ2v) is 10.6. The van der Waals surface area contributed by atoms with E-state index in [1.807, 2.05) is 95.3 Å². The van der Waals surface area contributed by atoms with Gasteiger partial charge in [0.05, 0.1) is 0 Å². The minimum atomic E-state index is -0.725. The Hall–Kier alpha value is -3.31. The van der Waals surface area contributed by atoms with Crippen LogP contribution in [0.25, 0.3) is 0 Å². The van der Waals surface area contributed by atoms with Crippen LogP contribution in [0.15, 0.2) is 72.8 Å². The molecule has 0 radical (unpaired) electrons. The highest BCUT2D eigenvalue weighted by molar-refractivity contribution is 6.30. The van der Waals surface area contributed by atoms with E-state index >= 15 is 0 Å². The van der Waals surface area contributed by atoms with Gasteiger partial charge in [0.15, 0.2) is 6.61 Å². The lowest BCUT2D eigenvalue weighted by atomic mass is 10.0. The fraction of sp³-hybridized carbons (Fsp3) is 0.333. The van der Waals surface area contributed by atoms with Crippen molar-refractivity contribution >= 4 is 23.4 Å². The Labute approximate surface area is 219 Å². The molecule has 3 aromatic carbocycles. The molecule has 2 amide bonds. The summed E-state index contributed by atoms with van der Waals surface area (Å²) >= 11 is 6.08. The lowest BCUT2D eigenvalue weighted by Crippen LogP contribution is -2.55. The summed E-state index contributed by atoms with van der Waals surface area (Å²) in [5.74, 6) is 0.185. The molecule has 0 saturated heterocycles. The Kier molecular flexibility index (Phi) is 9.16. The zero-order chi connectivity index (χ0) is 26.3. The molecule has 190 valence electrons. The van der Waals surface area contributed by atoms with Crippen LogP contribution in [0.5, 0.6) is 5.75 Å². The number of carbonyl (C=O) groups excluding carboxylic acids is 2. The molecule has 0 aliphatic carbocycles. The van der Waals surface area contributed by atoms with Crippen molar-refractivity contribution in [3.8, 4) is 5.75 Å². The van der Waals surface area contributed by atoms with Gasteiger partial charge in [-0.15, -0.1) is 0 Å². The van der Waals surface area contributed by atoms with Crippen molar-refractivity contribution in [2.75, 3.05) is 6.61 Å². The molecule has 0 saturated carbocycles. The zero-order valence-corrected chi connectivity index (χ0v) is 22.4. The standard InChI is InChI=1S/C30H35ClN2O3/c1-21-11-12-22(2)27(17-21)36-20-28(34)33(19-24-13-15-25(31)16-14-24)26(29(35)32-30(3,4)5)18-23-9-7-6-8-10-23/h6-17,26H,18-20H2,1-5H3,(H,32,35)/t26-/m1/s1. The van der Waals surface area contributed by atoms with Gasteiger partial charge < -0.3 is 15.0 Å². The summed E-state index contributed by atoms with van der Waals surface area (Å²) in [6.45, 7) is 9.79. The molecule has 0 aromatic heterocycles. The van der Waals surface area contributed by atoms with Crippen LogP contribution >= 0.6 is 11.6 Å². The third kappa shape index (κ3) is 8.13. The number of rotatable bonds is 9. The molecule has 5 nitrogen and oxygen atoms in total. The molecule has 1 atom stereocenters. The lowest BCUT2D eigenvalue weighted by Gasteiger charge is -2.33. The van der Waals surface area contributed by atoms with E-state index < -0.39 is 11.6 Å². The minimum absolute atomic E-state index is 0.175. The number of halogens is 1. The van der Waals surface area contributed by atoms with Gasteiger partial charge in [-0.05, 0) is 75.1 Å². The second-order valence-electron chi connectivity index (χ2n) is 10.2. The first-order valence-electron chi connectivity index (χ1n) is 12.1. The summed E-state index contributed by atoms with van der Waals surface area (Å²) in [6, 6.07) is 22.2. The molecule has 0 aliphatic rings. The summed E-state index contributed by atoms with van der Waals surface area (Å²) in [5, 5.41) is 3.68. The van der Waals surface area contributed by atoms with Crippen molar-refractivity contribution in [2.45, 2.75) is 59.2 Å². The van der Waals surface area contributed by atoms with Crippen LogP contribution in [-0.2, 0) is 22.6 Å². The summed E-state index contributed by atoms with van der Waals surface area (Å²) in [6.07, 6.45) is 0.381. The number of amides is 2. The smallest absolute Gasteiger partial charge is 0.261 e. The number of hydrogen-bond donors (Lipinski definition) is 1. The minimum Gasteiger partial charge on any atom is -0.483 e. The normalized spacial score (nSPS) is 12.1. The first-order valence-corrected chi connectivity index (χ1v) is 12.5. The average molecular weight is 507 g/mol. The third-order valence-corrected chi connectivity index (χ3v) is 5.98. The molecule has 0 spiro atoms. The van der Waals surface area contributed by atoms with Crippen molar-refractivity contribution in [2.24, 2.45) is 0 Å². The highest BCUT2D eigenvalue weighted by Crippen LogP contribution is 2.21. The van der Waals surface area contributed by atoms with Crippen molar-refractivity contribution in [1.29, 1.82) is 0 Å². The van der Waals surface area contributed by atoms with E-state index in [0.29, 0.717) is 17.2 Å². The van der Waals surface area contributed by atoms with E-state index in [1.165, 1.54) is 0 Å². The first-order chi connectivity index (χ1) is 17.0. The van der Waals surface area contributed by atoms with Crippen LogP contribution in [0.4, 0.5) is 0 Å². The highest BCUT2D eigenvalue weighted by Gasteiger charge is 2.32. The monoisotopic (exact) mass is 506 g/mol. The molecule has 0 unspecified atom stereocenters. The van der Waals surface area contributed by atoms with E-state index in [9.17, 15) is 9.59 Å². The van der Waals surface area contributed by atoms with Gasteiger partial charge >= 0.3 is 0 Å². The van der Waals surface area contributed by atoms with Gasteiger partial charge in [-0.25, -0.2) is 0 Å². The predicted molar refractivity (Wildman–Crippen MR) is 145 cm³/mol. The van der Waals surface area contributed by atoms with Gasteiger partial charge in [0.2, 0.25) is 5.91 Å². The molecule has 0 bridgehead atoms. The number of ether oxygens (including phenoxy) is 1. The predicted octanol–water partition coefficient (Wildman–Crippen LogP) is 5.89. The second kappa shape index (κ2) is 12.1. The summed E-state index contributed by atoms with van der Waals surface area (Å²) in [7, 11) is 0. The van der Waals surface area contributed by atoms with E-state index in [2.05, 4.69) is 5.32 Å². The molecule has 36 heavy (non-hydrogen) atoms. The number of nitrogens with zero attached hydrogens (tertiary/aromatic N) is 1. The SMILES string of the molecule is Cc1ccc(C)c(OCC(=O)N(Cc2ccc(Cl)cc2)[C@H](Cc2ccccc2)C(=O)NC(C)(C)C)c1. The van der Waals surface area contributed by atoms with Gasteiger partial charge in [-0.1, -0.05) is 66.2 Å². The number of benzene rings is 3. The Morgan fingerprint density at radius 2 is 1.61 bits per heavy atom. The maximum absolute atomic E-state index is 13.7. The van der Waals surface area contributed by atoms with Gasteiger partial charge in [-0.2, -0.15) is 0 Å². The molecule has 6 heteroatoms. The number of carbonyl (C=O) groups is 2. The number of aryl methyl sites for hydroxylation is 2. The van der Waals surface area contributed by atoms with Crippen LogP contribution in [0, 0.1) is 13.8 Å². The van der Waals surface area contributed by atoms with Crippen LogP contribution in [0.2, 0.25) is 5.02 Å².